The highest BCUT2D eigenvalue weighted by molar-refractivity contribution is 6.19. The average Bonchev–Trinajstić information content (AvgIpc) is 1.99. The maximum atomic E-state index is 13.0. The summed E-state index contributed by atoms with van der Waals surface area (Å²) in [6, 6.07) is 0. The van der Waals surface area contributed by atoms with Crippen LogP contribution >= 0.6 is 11.6 Å². The normalized spacial score (nSPS) is 29.5. The zero-order chi connectivity index (χ0) is 8.27. The van der Waals surface area contributed by atoms with E-state index in [0.29, 0.717) is 17.9 Å². The molecule has 1 aliphatic carbocycles. The Hall–Kier alpha value is -0.300. The molecule has 62 valence electrons. The molecule has 0 heterocycles. The molecule has 0 nitrogen and oxygen atoms in total. The van der Waals surface area contributed by atoms with Crippen LogP contribution in [-0.4, -0.2) is 12.1 Å². The Kier molecular flexibility index (Phi) is 3.13. The SMILES string of the molecule is C=C1/C(=C\CCl)CCC[C@@H]1F. The van der Waals surface area contributed by atoms with Gasteiger partial charge in [-0.2, -0.15) is 0 Å². The van der Waals surface area contributed by atoms with E-state index in [1.54, 1.807) is 0 Å². The fourth-order valence-electron chi connectivity index (χ4n) is 1.33. The molecule has 1 atom stereocenters. The van der Waals surface area contributed by atoms with Gasteiger partial charge in [0.15, 0.2) is 0 Å². The molecule has 0 bridgehead atoms. The zero-order valence-corrected chi connectivity index (χ0v) is 7.20. The second-order valence-electron chi connectivity index (χ2n) is 2.77. The fourth-order valence-corrected chi connectivity index (χ4v) is 1.52. The van der Waals surface area contributed by atoms with Crippen LogP contribution in [0.5, 0.6) is 0 Å². The smallest absolute Gasteiger partial charge is 0.125 e. The molecule has 0 spiro atoms. The van der Waals surface area contributed by atoms with Gasteiger partial charge in [-0.15, -0.1) is 11.6 Å². The summed E-state index contributed by atoms with van der Waals surface area (Å²) in [5.74, 6) is 0.459. The summed E-state index contributed by atoms with van der Waals surface area (Å²) in [6.07, 6.45) is 3.50. The Morgan fingerprint density at radius 2 is 2.45 bits per heavy atom. The molecule has 0 aromatic rings. The Bertz CT molecular complexity index is 184. The van der Waals surface area contributed by atoms with Gasteiger partial charge in [-0.05, 0) is 30.4 Å². The lowest BCUT2D eigenvalue weighted by molar-refractivity contribution is 0.340. The van der Waals surface area contributed by atoms with Crippen LogP contribution in [0.25, 0.3) is 0 Å². The molecule has 0 radical (unpaired) electrons. The quantitative estimate of drug-likeness (QED) is 0.536. The van der Waals surface area contributed by atoms with Crippen molar-refractivity contribution in [2.45, 2.75) is 25.4 Å². The largest absolute Gasteiger partial charge is 0.242 e. The summed E-state index contributed by atoms with van der Waals surface area (Å²) in [7, 11) is 0. The molecular weight excluding hydrogens is 163 g/mol. The first kappa shape index (κ1) is 8.79. The Labute approximate surface area is 71.7 Å². The highest BCUT2D eigenvalue weighted by atomic mass is 35.5. The molecule has 11 heavy (non-hydrogen) atoms. The van der Waals surface area contributed by atoms with Crippen molar-refractivity contribution >= 4 is 11.6 Å². The predicted molar refractivity (Wildman–Crippen MR) is 46.7 cm³/mol. The van der Waals surface area contributed by atoms with Gasteiger partial charge in [0.2, 0.25) is 0 Å². The molecule has 1 fully saturated rings. The number of hydrogen-bond donors (Lipinski definition) is 0. The van der Waals surface area contributed by atoms with Crippen molar-refractivity contribution in [3.05, 3.63) is 23.8 Å². The minimum atomic E-state index is -0.835. The van der Waals surface area contributed by atoms with Gasteiger partial charge in [0, 0.05) is 5.88 Å². The first-order valence-electron chi connectivity index (χ1n) is 3.84. The van der Waals surface area contributed by atoms with Crippen LogP contribution in [0.4, 0.5) is 4.39 Å². The standard InChI is InChI=1S/C9H12ClF/c1-7-8(5-6-10)3-2-4-9(7)11/h5,9H,1-4,6H2/b8-5-/t9-/m0/s1. The van der Waals surface area contributed by atoms with E-state index in [-0.39, 0.29) is 0 Å². The third-order valence-corrected chi connectivity index (χ3v) is 2.17. The molecule has 1 rings (SSSR count). The first-order valence-corrected chi connectivity index (χ1v) is 4.37. The van der Waals surface area contributed by atoms with Crippen molar-refractivity contribution in [1.82, 2.24) is 0 Å². The summed E-state index contributed by atoms with van der Waals surface area (Å²) in [4.78, 5) is 0. The summed E-state index contributed by atoms with van der Waals surface area (Å²) >= 11 is 5.51. The van der Waals surface area contributed by atoms with Gasteiger partial charge in [-0.1, -0.05) is 12.7 Å². The second-order valence-corrected chi connectivity index (χ2v) is 3.08. The van der Waals surface area contributed by atoms with Crippen molar-refractivity contribution in [3.8, 4) is 0 Å². The van der Waals surface area contributed by atoms with E-state index in [4.69, 9.17) is 11.6 Å². The molecule has 1 saturated carbocycles. The zero-order valence-electron chi connectivity index (χ0n) is 6.45. The second kappa shape index (κ2) is 3.91. The van der Waals surface area contributed by atoms with Crippen LogP contribution in [-0.2, 0) is 0 Å². The Balaban J connectivity index is 2.66. The van der Waals surface area contributed by atoms with Crippen LogP contribution in [0.3, 0.4) is 0 Å². The van der Waals surface area contributed by atoms with Crippen molar-refractivity contribution in [3.63, 3.8) is 0 Å². The van der Waals surface area contributed by atoms with Crippen molar-refractivity contribution in [1.29, 1.82) is 0 Å². The molecule has 0 unspecified atom stereocenters. The fraction of sp³-hybridized carbons (Fsp3) is 0.556. The van der Waals surface area contributed by atoms with Gasteiger partial charge < -0.3 is 0 Å². The van der Waals surface area contributed by atoms with Gasteiger partial charge >= 0.3 is 0 Å². The van der Waals surface area contributed by atoms with E-state index in [1.165, 1.54) is 0 Å². The number of alkyl halides is 2. The summed E-state index contributed by atoms with van der Waals surface area (Å²) in [5.41, 5.74) is 1.65. The van der Waals surface area contributed by atoms with Gasteiger partial charge in [0.05, 0.1) is 0 Å². The lowest BCUT2D eigenvalue weighted by atomic mass is 9.89. The number of allylic oxidation sites excluding steroid dienone is 3. The maximum Gasteiger partial charge on any atom is 0.125 e. The van der Waals surface area contributed by atoms with Crippen LogP contribution < -0.4 is 0 Å². The molecule has 0 aromatic carbocycles. The summed E-state index contributed by atoms with van der Waals surface area (Å²) in [6.45, 7) is 3.69. The van der Waals surface area contributed by atoms with Crippen molar-refractivity contribution < 1.29 is 4.39 Å². The average molecular weight is 175 g/mol. The van der Waals surface area contributed by atoms with E-state index in [0.717, 1.165) is 18.4 Å². The molecule has 2 heteroatoms. The monoisotopic (exact) mass is 174 g/mol. The molecule has 0 amide bonds. The highest BCUT2D eigenvalue weighted by Crippen LogP contribution is 2.29. The third-order valence-electron chi connectivity index (χ3n) is 2.02. The van der Waals surface area contributed by atoms with Crippen molar-refractivity contribution in [2.75, 3.05) is 5.88 Å². The summed E-state index contributed by atoms with van der Waals surface area (Å²) in [5, 5.41) is 0. The van der Waals surface area contributed by atoms with Crippen LogP contribution in [0.1, 0.15) is 19.3 Å². The van der Waals surface area contributed by atoms with Crippen LogP contribution in [0.2, 0.25) is 0 Å². The van der Waals surface area contributed by atoms with Crippen molar-refractivity contribution in [2.24, 2.45) is 0 Å². The molecule has 0 aliphatic heterocycles. The lowest BCUT2D eigenvalue weighted by Gasteiger charge is -2.20. The molecule has 1 aliphatic rings. The highest BCUT2D eigenvalue weighted by Gasteiger charge is 2.19. The molecule has 0 aromatic heterocycles. The van der Waals surface area contributed by atoms with E-state index in [1.807, 2.05) is 6.08 Å². The predicted octanol–water partition coefficient (Wildman–Crippen LogP) is 3.23. The number of halogens is 2. The topological polar surface area (TPSA) is 0 Å². The molecule has 0 saturated heterocycles. The first-order chi connectivity index (χ1) is 5.25. The van der Waals surface area contributed by atoms with Crippen LogP contribution in [0, 0.1) is 0 Å². The maximum absolute atomic E-state index is 13.0. The van der Waals surface area contributed by atoms with E-state index in [9.17, 15) is 4.39 Å². The molecule has 0 N–H and O–H groups in total. The van der Waals surface area contributed by atoms with Gasteiger partial charge in [0.1, 0.15) is 6.17 Å². The van der Waals surface area contributed by atoms with Gasteiger partial charge in [-0.3, -0.25) is 0 Å². The minimum Gasteiger partial charge on any atom is -0.242 e. The van der Waals surface area contributed by atoms with E-state index < -0.39 is 6.17 Å². The lowest BCUT2D eigenvalue weighted by Crippen LogP contribution is -2.11. The minimum absolute atomic E-state index is 0.459. The number of rotatable bonds is 1. The van der Waals surface area contributed by atoms with Crippen LogP contribution in [0.15, 0.2) is 23.8 Å². The third kappa shape index (κ3) is 2.06. The van der Waals surface area contributed by atoms with E-state index >= 15 is 0 Å². The summed E-state index contributed by atoms with van der Waals surface area (Å²) < 4.78 is 13.0. The Morgan fingerprint density at radius 1 is 1.73 bits per heavy atom. The van der Waals surface area contributed by atoms with E-state index in [2.05, 4.69) is 6.58 Å². The Morgan fingerprint density at radius 3 is 3.09 bits per heavy atom. The molecular formula is C9H12ClF. The van der Waals surface area contributed by atoms with Gasteiger partial charge in [-0.25, -0.2) is 4.39 Å². The number of hydrogen-bond acceptors (Lipinski definition) is 0. The van der Waals surface area contributed by atoms with Gasteiger partial charge in [0.25, 0.3) is 0 Å².